The summed E-state index contributed by atoms with van der Waals surface area (Å²) in [4.78, 5) is 13.8. The summed E-state index contributed by atoms with van der Waals surface area (Å²) in [6, 6.07) is 2.75. The predicted octanol–water partition coefficient (Wildman–Crippen LogP) is 0.0531. The number of fused-ring (bicyclic) bond motifs is 1. The quantitative estimate of drug-likeness (QED) is 0.798. The van der Waals surface area contributed by atoms with Gasteiger partial charge in [0.05, 0.1) is 27.4 Å². The highest BCUT2D eigenvalue weighted by Gasteiger charge is 2.33. The van der Waals surface area contributed by atoms with Crippen molar-refractivity contribution in [3.63, 3.8) is 0 Å². The topological polar surface area (TPSA) is 94.3 Å². The molecule has 1 aromatic rings. The van der Waals surface area contributed by atoms with Gasteiger partial charge in [-0.05, 0) is 12.1 Å². The third kappa shape index (κ3) is 3.01. The molecule has 1 aromatic carbocycles. The molecule has 0 fully saturated rings. The van der Waals surface area contributed by atoms with Crippen molar-refractivity contribution >= 4 is 5.91 Å². The highest BCUT2D eigenvalue weighted by Crippen LogP contribution is 2.39. The number of ether oxygens (including phenoxy) is 3. The molecule has 0 radical (unpaired) electrons. The van der Waals surface area contributed by atoms with Crippen molar-refractivity contribution in [3.8, 4) is 11.5 Å². The molecule has 1 heterocycles. The molecule has 0 saturated heterocycles. The first kappa shape index (κ1) is 16.5. The maximum absolute atomic E-state index is 12.3. The Balaban J connectivity index is 2.34. The minimum Gasteiger partial charge on any atom is -0.496 e. The number of nitrogens with two attached hydrogens (primary N) is 1. The van der Waals surface area contributed by atoms with Crippen LogP contribution in [0, 0.1) is 0 Å². The van der Waals surface area contributed by atoms with Gasteiger partial charge in [-0.1, -0.05) is 0 Å². The molecule has 22 heavy (non-hydrogen) atoms. The number of rotatable bonds is 5. The number of methoxy groups -OCH3 is 3. The first-order chi connectivity index (χ1) is 10.5. The zero-order valence-corrected chi connectivity index (χ0v) is 13.0. The number of amides is 1. The first-order valence-corrected chi connectivity index (χ1v) is 6.98. The fourth-order valence-corrected chi connectivity index (χ4v) is 2.73. The molecule has 1 amide bonds. The van der Waals surface area contributed by atoms with Crippen LogP contribution in [0.25, 0.3) is 0 Å². The Morgan fingerprint density at radius 2 is 2.00 bits per heavy atom. The normalized spacial score (nSPS) is 18.6. The van der Waals surface area contributed by atoms with E-state index in [2.05, 4.69) is 0 Å². The third-order valence-electron chi connectivity index (χ3n) is 3.76. The summed E-state index contributed by atoms with van der Waals surface area (Å²) in [7, 11) is 4.58. The highest BCUT2D eigenvalue weighted by molar-refractivity contribution is 5.82. The van der Waals surface area contributed by atoms with E-state index in [0.717, 1.165) is 5.56 Å². The van der Waals surface area contributed by atoms with Gasteiger partial charge >= 0.3 is 0 Å². The molecule has 0 spiro atoms. The number of benzene rings is 1. The van der Waals surface area contributed by atoms with Crippen molar-refractivity contribution in [1.82, 2.24) is 4.90 Å². The molecule has 122 valence electrons. The van der Waals surface area contributed by atoms with Gasteiger partial charge in [-0.15, -0.1) is 0 Å². The second-order valence-corrected chi connectivity index (χ2v) is 5.16. The molecular formula is C15H22N2O5. The van der Waals surface area contributed by atoms with Crippen LogP contribution in [0.15, 0.2) is 12.1 Å². The van der Waals surface area contributed by atoms with Crippen molar-refractivity contribution in [2.75, 3.05) is 34.5 Å². The molecule has 0 aliphatic carbocycles. The van der Waals surface area contributed by atoms with Crippen LogP contribution in [0.5, 0.6) is 11.5 Å². The van der Waals surface area contributed by atoms with E-state index in [1.165, 1.54) is 12.0 Å². The van der Waals surface area contributed by atoms with Crippen molar-refractivity contribution in [1.29, 1.82) is 0 Å². The number of nitrogens with zero attached hydrogens (tertiary/aromatic N) is 1. The molecule has 0 saturated carbocycles. The lowest BCUT2D eigenvalue weighted by Gasteiger charge is -2.35. The Hall–Kier alpha value is -1.83. The summed E-state index contributed by atoms with van der Waals surface area (Å²) in [5.41, 5.74) is 7.19. The molecule has 2 rings (SSSR count). The van der Waals surface area contributed by atoms with E-state index in [4.69, 9.17) is 19.9 Å². The van der Waals surface area contributed by atoms with E-state index in [1.54, 1.807) is 26.4 Å². The first-order valence-electron chi connectivity index (χ1n) is 6.98. The molecule has 1 aliphatic heterocycles. The number of hydrogen-bond donors (Lipinski definition) is 2. The zero-order valence-electron chi connectivity index (χ0n) is 13.0. The van der Waals surface area contributed by atoms with Gasteiger partial charge in [-0.25, -0.2) is 0 Å². The Kier molecular flexibility index (Phi) is 5.23. The van der Waals surface area contributed by atoms with Gasteiger partial charge in [0, 0.05) is 24.8 Å². The standard InChI is InChI=1S/C15H22N2O5/c1-20-8-10(16)15(19)17-6-9-12(21-2)4-5-13(22-3)14(9)11(18)7-17/h4-5,10-11,18H,6-8,16H2,1-3H3. The van der Waals surface area contributed by atoms with Crippen LogP contribution in [-0.4, -0.2) is 56.4 Å². The lowest BCUT2D eigenvalue weighted by Crippen LogP contribution is -2.48. The lowest BCUT2D eigenvalue weighted by molar-refractivity contribution is -0.136. The van der Waals surface area contributed by atoms with Crippen LogP contribution in [0.4, 0.5) is 0 Å². The van der Waals surface area contributed by atoms with Gasteiger partial charge in [0.15, 0.2) is 0 Å². The fraction of sp³-hybridized carbons (Fsp3) is 0.533. The van der Waals surface area contributed by atoms with Crippen LogP contribution < -0.4 is 15.2 Å². The van der Waals surface area contributed by atoms with Gasteiger partial charge in [0.25, 0.3) is 0 Å². The van der Waals surface area contributed by atoms with E-state index >= 15 is 0 Å². The number of β-amino-alcohol motifs (C(OH)–C–C–N with tert-alkyl or cyclic N) is 1. The summed E-state index contributed by atoms with van der Waals surface area (Å²) >= 11 is 0. The Morgan fingerprint density at radius 1 is 1.36 bits per heavy atom. The molecule has 0 aromatic heterocycles. The Labute approximate surface area is 129 Å². The molecule has 7 nitrogen and oxygen atoms in total. The number of carbonyl (C=O) groups excluding carboxylic acids is 1. The second-order valence-electron chi connectivity index (χ2n) is 5.16. The lowest BCUT2D eigenvalue weighted by atomic mass is 9.94. The SMILES string of the molecule is COCC(N)C(=O)N1Cc2c(OC)ccc(OC)c2C(O)C1. The van der Waals surface area contributed by atoms with E-state index in [0.29, 0.717) is 23.6 Å². The number of hydrogen-bond acceptors (Lipinski definition) is 6. The maximum Gasteiger partial charge on any atom is 0.242 e. The highest BCUT2D eigenvalue weighted by atomic mass is 16.5. The van der Waals surface area contributed by atoms with Crippen molar-refractivity contribution in [2.24, 2.45) is 5.73 Å². The monoisotopic (exact) mass is 310 g/mol. The van der Waals surface area contributed by atoms with Gasteiger partial charge in [0.1, 0.15) is 23.6 Å². The van der Waals surface area contributed by atoms with Crippen LogP contribution >= 0.6 is 0 Å². The molecule has 2 unspecified atom stereocenters. The zero-order chi connectivity index (χ0) is 16.3. The molecule has 7 heteroatoms. The van der Waals surface area contributed by atoms with Crippen LogP contribution in [0.1, 0.15) is 17.2 Å². The minimum atomic E-state index is -0.854. The third-order valence-corrected chi connectivity index (χ3v) is 3.76. The smallest absolute Gasteiger partial charge is 0.242 e. The van der Waals surface area contributed by atoms with Crippen LogP contribution in [0.3, 0.4) is 0 Å². The largest absolute Gasteiger partial charge is 0.496 e. The number of aliphatic hydroxyl groups excluding tert-OH is 1. The fourth-order valence-electron chi connectivity index (χ4n) is 2.73. The molecule has 0 bridgehead atoms. The Morgan fingerprint density at radius 3 is 2.59 bits per heavy atom. The van der Waals surface area contributed by atoms with E-state index in [-0.39, 0.29) is 19.1 Å². The molecule has 1 aliphatic rings. The van der Waals surface area contributed by atoms with Crippen molar-refractivity contribution < 1.29 is 24.1 Å². The summed E-state index contributed by atoms with van der Waals surface area (Å²) in [5, 5.41) is 10.4. The summed E-state index contributed by atoms with van der Waals surface area (Å²) < 4.78 is 15.6. The minimum absolute atomic E-state index is 0.132. The van der Waals surface area contributed by atoms with Crippen LogP contribution in [0.2, 0.25) is 0 Å². The summed E-state index contributed by atoms with van der Waals surface area (Å²) in [5.74, 6) is 0.917. The average molecular weight is 310 g/mol. The summed E-state index contributed by atoms with van der Waals surface area (Å²) in [6.45, 7) is 0.601. The summed E-state index contributed by atoms with van der Waals surface area (Å²) in [6.07, 6.45) is -0.854. The van der Waals surface area contributed by atoms with E-state index in [1.807, 2.05) is 0 Å². The average Bonchev–Trinajstić information content (AvgIpc) is 2.53. The maximum atomic E-state index is 12.3. The van der Waals surface area contributed by atoms with Crippen molar-refractivity contribution in [3.05, 3.63) is 23.3 Å². The van der Waals surface area contributed by atoms with Gasteiger partial charge in [0.2, 0.25) is 5.91 Å². The van der Waals surface area contributed by atoms with E-state index < -0.39 is 12.1 Å². The number of aliphatic hydroxyl groups is 1. The van der Waals surface area contributed by atoms with Gasteiger partial charge in [-0.2, -0.15) is 0 Å². The molecule has 2 atom stereocenters. The van der Waals surface area contributed by atoms with Crippen LogP contribution in [-0.2, 0) is 16.1 Å². The predicted molar refractivity (Wildman–Crippen MR) is 79.8 cm³/mol. The Bertz CT molecular complexity index is 549. The van der Waals surface area contributed by atoms with Gasteiger partial charge in [-0.3, -0.25) is 4.79 Å². The molecule has 3 N–H and O–H groups in total. The van der Waals surface area contributed by atoms with Crippen molar-refractivity contribution in [2.45, 2.75) is 18.7 Å². The van der Waals surface area contributed by atoms with E-state index in [9.17, 15) is 9.90 Å². The second kappa shape index (κ2) is 6.95. The molecular weight excluding hydrogens is 288 g/mol. The number of carbonyl (C=O) groups is 1. The van der Waals surface area contributed by atoms with Gasteiger partial charge < -0.3 is 30.0 Å².